The summed E-state index contributed by atoms with van der Waals surface area (Å²) in [5, 5.41) is 2.54. The molecule has 4 rings (SSSR count). The van der Waals surface area contributed by atoms with Crippen LogP contribution in [-0.2, 0) is 10.5 Å². The van der Waals surface area contributed by atoms with Crippen molar-refractivity contribution in [3.8, 4) is 5.75 Å². The maximum atomic E-state index is 12.7. The molecule has 1 heterocycles. The minimum atomic E-state index is 0.258. The minimum absolute atomic E-state index is 0.258. The van der Waals surface area contributed by atoms with Gasteiger partial charge in [-0.1, -0.05) is 60.7 Å². The number of amides is 1. The first-order valence-corrected chi connectivity index (χ1v) is 11.4. The average molecular weight is 406 g/mol. The van der Waals surface area contributed by atoms with E-state index in [0.29, 0.717) is 11.7 Å². The van der Waals surface area contributed by atoms with E-state index in [9.17, 15) is 4.79 Å². The number of rotatable bonds is 6. The van der Waals surface area contributed by atoms with Gasteiger partial charge in [0, 0.05) is 18.8 Å². The van der Waals surface area contributed by atoms with Crippen molar-refractivity contribution in [2.45, 2.75) is 24.5 Å². The number of piperidine rings is 1. The molecule has 0 spiro atoms. The standard InChI is InChI=1S/C25H27NO2S/c1-28-24-12-5-4-11-23(24)20-13-15-26(16-14-20)25(27)18-29-17-21-9-6-8-19-7-2-3-10-22(19)21/h2-12,20H,13-18H2,1H3. The maximum absolute atomic E-state index is 12.7. The van der Waals surface area contributed by atoms with Gasteiger partial charge in [0.15, 0.2) is 0 Å². The van der Waals surface area contributed by atoms with Crippen molar-refractivity contribution in [3.05, 3.63) is 77.9 Å². The first-order valence-electron chi connectivity index (χ1n) is 10.2. The van der Waals surface area contributed by atoms with E-state index in [1.165, 1.54) is 21.9 Å². The van der Waals surface area contributed by atoms with Crippen molar-refractivity contribution in [1.82, 2.24) is 4.90 Å². The zero-order valence-corrected chi connectivity index (χ0v) is 17.7. The maximum Gasteiger partial charge on any atom is 0.232 e. The Hall–Kier alpha value is -2.46. The van der Waals surface area contributed by atoms with Gasteiger partial charge in [0.25, 0.3) is 0 Å². The molecule has 0 aromatic heterocycles. The van der Waals surface area contributed by atoms with Crippen LogP contribution < -0.4 is 4.74 Å². The van der Waals surface area contributed by atoms with Gasteiger partial charge in [0.05, 0.1) is 12.9 Å². The molecular weight excluding hydrogens is 378 g/mol. The number of para-hydroxylation sites is 1. The Morgan fingerprint density at radius 2 is 1.72 bits per heavy atom. The van der Waals surface area contributed by atoms with E-state index in [1.54, 1.807) is 18.9 Å². The summed E-state index contributed by atoms with van der Waals surface area (Å²) in [7, 11) is 1.73. The van der Waals surface area contributed by atoms with Crippen molar-refractivity contribution < 1.29 is 9.53 Å². The fraction of sp³-hybridized carbons (Fsp3) is 0.320. The fourth-order valence-electron chi connectivity index (χ4n) is 4.20. The number of nitrogens with zero attached hydrogens (tertiary/aromatic N) is 1. The zero-order chi connectivity index (χ0) is 20.1. The van der Waals surface area contributed by atoms with Crippen LogP contribution in [0.4, 0.5) is 0 Å². The highest BCUT2D eigenvalue weighted by Gasteiger charge is 2.25. The van der Waals surface area contributed by atoms with Gasteiger partial charge in [0.2, 0.25) is 5.91 Å². The highest BCUT2D eigenvalue weighted by molar-refractivity contribution is 7.99. The predicted octanol–water partition coefficient (Wildman–Crippen LogP) is 5.49. The number of likely N-dealkylation sites (tertiary alicyclic amines) is 1. The molecular formula is C25H27NO2S. The van der Waals surface area contributed by atoms with Gasteiger partial charge in [-0.25, -0.2) is 0 Å². The van der Waals surface area contributed by atoms with Gasteiger partial charge in [-0.2, -0.15) is 0 Å². The third-order valence-corrected chi connectivity index (χ3v) is 6.76. The number of benzene rings is 3. The van der Waals surface area contributed by atoms with Crippen molar-refractivity contribution in [3.63, 3.8) is 0 Å². The topological polar surface area (TPSA) is 29.5 Å². The number of carbonyl (C=O) groups excluding carboxylic acids is 1. The lowest BCUT2D eigenvalue weighted by Gasteiger charge is -2.32. The Balaban J connectivity index is 1.29. The monoisotopic (exact) mass is 405 g/mol. The Morgan fingerprint density at radius 1 is 1.00 bits per heavy atom. The molecule has 150 valence electrons. The van der Waals surface area contributed by atoms with Crippen LogP contribution >= 0.6 is 11.8 Å². The first kappa shape index (κ1) is 19.8. The number of carbonyl (C=O) groups is 1. The molecule has 3 nitrogen and oxygen atoms in total. The lowest BCUT2D eigenvalue weighted by molar-refractivity contribution is -0.129. The molecule has 0 atom stereocenters. The van der Waals surface area contributed by atoms with Crippen LogP contribution in [0.1, 0.15) is 29.9 Å². The highest BCUT2D eigenvalue weighted by atomic mass is 32.2. The SMILES string of the molecule is COc1ccccc1C1CCN(C(=O)CSCc2cccc3ccccc23)CC1. The van der Waals surface area contributed by atoms with Crippen molar-refractivity contribution in [2.24, 2.45) is 0 Å². The molecule has 0 unspecified atom stereocenters. The van der Waals surface area contributed by atoms with Crippen LogP contribution in [0.25, 0.3) is 10.8 Å². The van der Waals surface area contributed by atoms with E-state index in [-0.39, 0.29) is 5.91 Å². The van der Waals surface area contributed by atoms with Crippen LogP contribution in [0.3, 0.4) is 0 Å². The molecule has 4 heteroatoms. The van der Waals surface area contributed by atoms with Gasteiger partial charge < -0.3 is 9.64 Å². The van der Waals surface area contributed by atoms with Crippen molar-refractivity contribution in [2.75, 3.05) is 26.0 Å². The summed E-state index contributed by atoms with van der Waals surface area (Å²) in [6, 6.07) is 23.1. The van der Waals surface area contributed by atoms with E-state index in [0.717, 1.165) is 37.4 Å². The molecule has 0 saturated carbocycles. The van der Waals surface area contributed by atoms with Crippen molar-refractivity contribution in [1.29, 1.82) is 0 Å². The third-order valence-electron chi connectivity index (χ3n) is 5.79. The second-order valence-corrected chi connectivity index (χ2v) is 8.51. The first-order chi connectivity index (χ1) is 14.3. The van der Waals surface area contributed by atoms with Gasteiger partial charge in [-0.3, -0.25) is 4.79 Å². The molecule has 3 aromatic rings. The van der Waals surface area contributed by atoms with Gasteiger partial charge >= 0.3 is 0 Å². The molecule has 0 bridgehead atoms. The summed E-state index contributed by atoms with van der Waals surface area (Å²) in [5.41, 5.74) is 2.57. The molecule has 0 N–H and O–H groups in total. The summed E-state index contributed by atoms with van der Waals surface area (Å²) in [6.45, 7) is 1.66. The molecule has 1 aliphatic heterocycles. The minimum Gasteiger partial charge on any atom is -0.496 e. The summed E-state index contributed by atoms with van der Waals surface area (Å²) in [6.07, 6.45) is 2.00. The number of ether oxygens (including phenoxy) is 1. The quantitative estimate of drug-likeness (QED) is 0.543. The predicted molar refractivity (Wildman–Crippen MR) is 122 cm³/mol. The molecule has 0 aliphatic carbocycles. The number of thioether (sulfide) groups is 1. The van der Waals surface area contributed by atoms with Crippen molar-refractivity contribution >= 4 is 28.4 Å². The smallest absolute Gasteiger partial charge is 0.232 e. The van der Waals surface area contributed by atoms with Crippen LogP contribution in [0.2, 0.25) is 0 Å². The van der Waals surface area contributed by atoms with E-state index < -0.39 is 0 Å². The normalized spacial score (nSPS) is 14.9. The third kappa shape index (κ3) is 4.59. The average Bonchev–Trinajstić information content (AvgIpc) is 2.79. The summed E-state index contributed by atoms with van der Waals surface area (Å²) in [5.74, 6) is 3.10. The van der Waals surface area contributed by atoms with Crippen LogP contribution in [0.15, 0.2) is 66.7 Å². The Morgan fingerprint density at radius 3 is 2.55 bits per heavy atom. The number of hydrogen-bond donors (Lipinski definition) is 0. The largest absolute Gasteiger partial charge is 0.496 e. The Bertz CT molecular complexity index is 974. The summed E-state index contributed by atoms with van der Waals surface area (Å²) in [4.78, 5) is 14.7. The van der Waals surface area contributed by atoms with Gasteiger partial charge in [-0.15, -0.1) is 11.8 Å². The molecule has 29 heavy (non-hydrogen) atoms. The van der Waals surface area contributed by atoms with Gasteiger partial charge in [-0.05, 0) is 46.7 Å². The lowest BCUT2D eigenvalue weighted by Crippen LogP contribution is -2.39. The summed E-state index contributed by atoms with van der Waals surface area (Å²) < 4.78 is 5.51. The molecule has 0 radical (unpaired) electrons. The zero-order valence-electron chi connectivity index (χ0n) is 16.8. The van der Waals surface area contributed by atoms with E-state index in [2.05, 4.69) is 54.6 Å². The Labute approximate surface area is 177 Å². The fourth-order valence-corrected chi connectivity index (χ4v) is 5.13. The van der Waals surface area contributed by atoms with E-state index in [4.69, 9.17) is 4.74 Å². The molecule has 1 aliphatic rings. The second kappa shape index (κ2) is 9.36. The van der Waals surface area contributed by atoms with Crippen LogP contribution in [-0.4, -0.2) is 36.8 Å². The summed E-state index contributed by atoms with van der Waals surface area (Å²) >= 11 is 1.71. The number of hydrogen-bond acceptors (Lipinski definition) is 3. The Kier molecular flexibility index (Phi) is 6.40. The molecule has 3 aromatic carbocycles. The lowest BCUT2D eigenvalue weighted by atomic mass is 9.89. The van der Waals surface area contributed by atoms with Crippen LogP contribution in [0.5, 0.6) is 5.75 Å². The van der Waals surface area contributed by atoms with Gasteiger partial charge in [0.1, 0.15) is 5.75 Å². The highest BCUT2D eigenvalue weighted by Crippen LogP contribution is 2.34. The van der Waals surface area contributed by atoms with E-state index in [1.807, 2.05) is 17.0 Å². The molecule has 1 amide bonds. The molecule has 1 fully saturated rings. The number of methoxy groups -OCH3 is 1. The number of fused-ring (bicyclic) bond motifs is 1. The van der Waals surface area contributed by atoms with E-state index >= 15 is 0 Å². The molecule has 1 saturated heterocycles. The second-order valence-electron chi connectivity index (χ2n) is 7.53. The van der Waals surface area contributed by atoms with Crippen LogP contribution in [0, 0.1) is 0 Å².